The number of ether oxygens (including phenoxy) is 1. The summed E-state index contributed by atoms with van der Waals surface area (Å²) in [6.07, 6.45) is 0. The van der Waals surface area contributed by atoms with Crippen molar-refractivity contribution in [1.82, 2.24) is 4.90 Å². The van der Waals surface area contributed by atoms with E-state index in [0.29, 0.717) is 11.1 Å². The Morgan fingerprint density at radius 1 is 1.25 bits per heavy atom. The van der Waals surface area contributed by atoms with Gasteiger partial charge in [-0.3, -0.25) is 4.90 Å². The summed E-state index contributed by atoms with van der Waals surface area (Å²) in [5.74, 6) is 0.0678. The highest BCUT2D eigenvalue weighted by Crippen LogP contribution is 2.27. The second-order valence-electron chi connectivity index (χ2n) is 4.92. The smallest absolute Gasteiger partial charge is 0.379 e. The van der Waals surface area contributed by atoms with Crippen molar-refractivity contribution in [2.75, 3.05) is 26.3 Å². The second kappa shape index (κ2) is 6.07. The van der Waals surface area contributed by atoms with Crippen LogP contribution in [0.4, 0.5) is 3.89 Å². The molecule has 0 spiro atoms. The third kappa shape index (κ3) is 4.16. The molecule has 0 saturated carbocycles. The van der Waals surface area contributed by atoms with Gasteiger partial charge in [0.15, 0.2) is 5.75 Å². The van der Waals surface area contributed by atoms with Gasteiger partial charge in [0.1, 0.15) is 0 Å². The molecule has 0 amide bonds. The van der Waals surface area contributed by atoms with Gasteiger partial charge in [-0.05, 0) is 30.5 Å². The summed E-state index contributed by atoms with van der Waals surface area (Å²) in [5.41, 5.74) is 2.26. The SMILES string of the molecule is Cc1cc(CN2CCOCC2)cc(C)c1OS(=O)(=O)F. The van der Waals surface area contributed by atoms with Crippen molar-refractivity contribution >= 4 is 10.5 Å². The molecule has 0 radical (unpaired) electrons. The van der Waals surface area contributed by atoms with Gasteiger partial charge in [-0.15, -0.1) is 0 Å². The minimum atomic E-state index is -4.99. The van der Waals surface area contributed by atoms with Crippen LogP contribution in [0, 0.1) is 13.8 Å². The lowest BCUT2D eigenvalue weighted by Gasteiger charge is -2.27. The number of morpholine rings is 1. The number of rotatable bonds is 4. The normalized spacial score (nSPS) is 17.1. The molecule has 5 nitrogen and oxygen atoms in total. The van der Waals surface area contributed by atoms with Gasteiger partial charge in [-0.2, -0.15) is 8.42 Å². The fraction of sp³-hybridized carbons (Fsp3) is 0.538. The van der Waals surface area contributed by atoms with Crippen LogP contribution >= 0.6 is 0 Å². The number of hydrogen-bond acceptors (Lipinski definition) is 5. The number of aryl methyl sites for hydroxylation is 2. The minimum absolute atomic E-state index is 0.0678. The Hall–Kier alpha value is -1.18. The van der Waals surface area contributed by atoms with Gasteiger partial charge in [0.2, 0.25) is 0 Å². The molecule has 1 aliphatic rings. The van der Waals surface area contributed by atoms with E-state index in [4.69, 9.17) is 4.74 Å². The predicted molar refractivity (Wildman–Crippen MR) is 72.7 cm³/mol. The molecular weight excluding hydrogens is 285 g/mol. The van der Waals surface area contributed by atoms with Crippen LogP contribution in [0.3, 0.4) is 0 Å². The monoisotopic (exact) mass is 303 g/mol. The molecule has 0 unspecified atom stereocenters. The van der Waals surface area contributed by atoms with E-state index in [-0.39, 0.29) is 5.75 Å². The predicted octanol–water partition coefficient (Wildman–Crippen LogP) is 1.73. The van der Waals surface area contributed by atoms with Crippen LogP contribution in [0.2, 0.25) is 0 Å². The lowest BCUT2D eigenvalue weighted by molar-refractivity contribution is 0.0342. The summed E-state index contributed by atoms with van der Waals surface area (Å²) >= 11 is 0. The molecule has 0 aliphatic carbocycles. The van der Waals surface area contributed by atoms with Crippen molar-refractivity contribution in [2.45, 2.75) is 20.4 Å². The second-order valence-corrected chi connectivity index (χ2v) is 5.88. The Morgan fingerprint density at radius 2 is 1.80 bits per heavy atom. The van der Waals surface area contributed by atoms with E-state index in [0.717, 1.165) is 38.4 Å². The summed E-state index contributed by atoms with van der Waals surface area (Å²) in [6, 6.07) is 3.64. The summed E-state index contributed by atoms with van der Waals surface area (Å²) in [4.78, 5) is 2.25. The average molecular weight is 303 g/mol. The molecule has 0 aromatic heterocycles. The van der Waals surface area contributed by atoms with Crippen molar-refractivity contribution in [1.29, 1.82) is 0 Å². The van der Waals surface area contributed by atoms with E-state index in [9.17, 15) is 12.3 Å². The summed E-state index contributed by atoms with van der Waals surface area (Å²) in [6.45, 7) is 7.35. The first-order valence-corrected chi connectivity index (χ1v) is 7.70. The van der Waals surface area contributed by atoms with Gasteiger partial charge >= 0.3 is 10.5 Å². The molecule has 0 atom stereocenters. The topological polar surface area (TPSA) is 55.8 Å². The third-order valence-electron chi connectivity index (χ3n) is 3.21. The van der Waals surface area contributed by atoms with E-state index in [1.54, 1.807) is 13.8 Å². The van der Waals surface area contributed by atoms with E-state index >= 15 is 0 Å². The van der Waals surface area contributed by atoms with Crippen molar-refractivity contribution < 1.29 is 21.2 Å². The van der Waals surface area contributed by atoms with Gasteiger partial charge in [0.25, 0.3) is 0 Å². The molecule has 1 aromatic rings. The molecule has 1 heterocycles. The third-order valence-corrected chi connectivity index (χ3v) is 3.58. The van der Waals surface area contributed by atoms with Crippen LogP contribution in [0.5, 0.6) is 5.75 Å². The van der Waals surface area contributed by atoms with Crippen LogP contribution in [0.25, 0.3) is 0 Å². The van der Waals surface area contributed by atoms with Crippen LogP contribution in [0.15, 0.2) is 12.1 Å². The maximum Gasteiger partial charge on any atom is 0.488 e. The Morgan fingerprint density at radius 3 is 2.30 bits per heavy atom. The zero-order chi connectivity index (χ0) is 14.8. The first-order chi connectivity index (χ1) is 9.35. The van der Waals surface area contributed by atoms with E-state index < -0.39 is 10.5 Å². The quantitative estimate of drug-likeness (QED) is 0.793. The van der Waals surface area contributed by atoms with Gasteiger partial charge < -0.3 is 8.92 Å². The summed E-state index contributed by atoms with van der Waals surface area (Å²) in [7, 11) is -4.99. The molecule has 20 heavy (non-hydrogen) atoms. The van der Waals surface area contributed by atoms with Crippen molar-refractivity contribution in [3.63, 3.8) is 0 Å². The molecule has 1 aromatic carbocycles. The maximum atomic E-state index is 12.6. The van der Waals surface area contributed by atoms with Gasteiger partial charge in [-0.25, -0.2) is 0 Å². The Bertz CT molecular complexity index is 559. The Kier molecular flexibility index (Phi) is 4.62. The standard InChI is InChI=1S/C13H18FNO4S/c1-10-7-12(9-15-3-5-18-6-4-15)8-11(2)13(10)19-20(14,16)17/h7-8H,3-6,9H2,1-2H3. The Labute approximate surface area is 118 Å². The molecule has 0 N–H and O–H groups in total. The fourth-order valence-corrected chi connectivity index (χ4v) is 2.84. The van der Waals surface area contributed by atoms with Gasteiger partial charge in [0, 0.05) is 19.6 Å². The lowest BCUT2D eigenvalue weighted by atomic mass is 10.1. The van der Waals surface area contributed by atoms with Crippen molar-refractivity contribution in [3.8, 4) is 5.75 Å². The zero-order valence-electron chi connectivity index (χ0n) is 11.6. The highest BCUT2D eigenvalue weighted by atomic mass is 32.3. The number of hydrogen-bond donors (Lipinski definition) is 0. The highest BCUT2D eigenvalue weighted by molar-refractivity contribution is 7.81. The van der Waals surface area contributed by atoms with Crippen molar-refractivity contribution in [3.05, 3.63) is 28.8 Å². The van der Waals surface area contributed by atoms with Gasteiger partial charge in [0.05, 0.1) is 13.2 Å². The summed E-state index contributed by atoms with van der Waals surface area (Å²) < 4.78 is 43.5. The molecule has 0 bridgehead atoms. The first kappa shape index (κ1) is 15.2. The number of nitrogens with zero attached hydrogens (tertiary/aromatic N) is 1. The zero-order valence-corrected chi connectivity index (χ0v) is 12.4. The van der Waals surface area contributed by atoms with E-state index in [1.807, 2.05) is 12.1 Å². The Balaban J connectivity index is 2.16. The molecular formula is C13H18FNO4S. The largest absolute Gasteiger partial charge is 0.488 e. The van der Waals surface area contributed by atoms with Crippen LogP contribution < -0.4 is 4.18 Å². The van der Waals surface area contributed by atoms with Gasteiger partial charge in [-0.1, -0.05) is 16.0 Å². The van der Waals surface area contributed by atoms with E-state index in [2.05, 4.69) is 9.08 Å². The van der Waals surface area contributed by atoms with Crippen LogP contribution in [-0.2, 0) is 21.8 Å². The van der Waals surface area contributed by atoms with E-state index in [1.165, 1.54) is 0 Å². The summed E-state index contributed by atoms with van der Waals surface area (Å²) in [5, 5.41) is 0. The molecule has 2 rings (SSSR count). The number of halogens is 1. The van der Waals surface area contributed by atoms with Crippen LogP contribution in [0.1, 0.15) is 16.7 Å². The number of benzene rings is 1. The molecule has 1 fully saturated rings. The highest BCUT2D eigenvalue weighted by Gasteiger charge is 2.17. The maximum absolute atomic E-state index is 12.6. The minimum Gasteiger partial charge on any atom is -0.379 e. The average Bonchev–Trinajstić information content (AvgIpc) is 2.34. The molecule has 112 valence electrons. The molecule has 1 aliphatic heterocycles. The van der Waals surface area contributed by atoms with Crippen molar-refractivity contribution in [2.24, 2.45) is 0 Å². The first-order valence-electron chi connectivity index (χ1n) is 6.39. The fourth-order valence-electron chi connectivity index (χ4n) is 2.38. The van der Waals surface area contributed by atoms with Crippen LogP contribution in [-0.4, -0.2) is 39.6 Å². The molecule has 1 saturated heterocycles. The lowest BCUT2D eigenvalue weighted by Crippen LogP contribution is -2.35. The molecule has 7 heteroatoms.